The molecule has 132 valence electrons. The SMILES string of the molecule is COC(=O)c1c(NC(=O)N2CCN(C)CC2)sc2c1CCC(C)C2. The molecule has 1 aromatic rings. The molecular weight excluding hydrogens is 326 g/mol. The van der Waals surface area contributed by atoms with Gasteiger partial charge in [0.05, 0.1) is 12.7 Å². The molecule has 1 aliphatic carbocycles. The van der Waals surface area contributed by atoms with Crippen LogP contribution in [0.5, 0.6) is 0 Å². The van der Waals surface area contributed by atoms with Crippen LogP contribution in [0.4, 0.5) is 9.80 Å². The third-order valence-corrected chi connectivity index (χ3v) is 6.08. The molecule has 0 bridgehead atoms. The van der Waals surface area contributed by atoms with Crippen LogP contribution in [0.25, 0.3) is 0 Å². The first-order valence-corrected chi connectivity index (χ1v) is 9.28. The summed E-state index contributed by atoms with van der Waals surface area (Å²) < 4.78 is 4.97. The van der Waals surface area contributed by atoms with Gasteiger partial charge in [-0.25, -0.2) is 9.59 Å². The molecule has 0 saturated carbocycles. The maximum absolute atomic E-state index is 12.6. The van der Waals surface area contributed by atoms with Crippen molar-refractivity contribution >= 4 is 28.3 Å². The molecule has 7 heteroatoms. The summed E-state index contributed by atoms with van der Waals surface area (Å²) in [4.78, 5) is 30.0. The molecule has 1 fully saturated rings. The van der Waals surface area contributed by atoms with E-state index in [1.807, 2.05) is 4.90 Å². The molecule has 1 aliphatic heterocycles. The Balaban J connectivity index is 1.82. The Morgan fingerprint density at radius 1 is 1.25 bits per heavy atom. The Bertz CT molecular complexity index is 635. The fourth-order valence-corrected chi connectivity index (χ4v) is 4.73. The number of methoxy groups -OCH3 is 1. The summed E-state index contributed by atoms with van der Waals surface area (Å²) in [6, 6.07) is -0.125. The molecule has 0 aromatic carbocycles. The third-order valence-electron chi connectivity index (χ3n) is 4.91. The number of rotatable bonds is 2. The number of anilines is 1. The Kier molecular flexibility index (Phi) is 5.10. The van der Waals surface area contributed by atoms with Gasteiger partial charge in [0.1, 0.15) is 5.00 Å². The topological polar surface area (TPSA) is 61.9 Å². The highest BCUT2D eigenvalue weighted by Crippen LogP contribution is 2.40. The number of piperazine rings is 1. The summed E-state index contributed by atoms with van der Waals surface area (Å²) in [6.07, 6.45) is 2.91. The van der Waals surface area contributed by atoms with Crippen molar-refractivity contribution in [2.24, 2.45) is 5.92 Å². The van der Waals surface area contributed by atoms with Crippen molar-refractivity contribution in [1.29, 1.82) is 0 Å². The number of esters is 1. The molecular formula is C17H25N3O3S. The number of nitrogens with zero attached hydrogens (tertiary/aromatic N) is 2. The Morgan fingerprint density at radius 3 is 2.62 bits per heavy atom. The van der Waals surface area contributed by atoms with Gasteiger partial charge in [-0.1, -0.05) is 6.92 Å². The first-order chi connectivity index (χ1) is 11.5. The van der Waals surface area contributed by atoms with Crippen LogP contribution in [0.3, 0.4) is 0 Å². The molecule has 1 saturated heterocycles. The van der Waals surface area contributed by atoms with Crippen LogP contribution in [0, 0.1) is 5.92 Å². The fourth-order valence-electron chi connectivity index (χ4n) is 3.34. The molecule has 0 radical (unpaired) electrons. The van der Waals surface area contributed by atoms with Gasteiger partial charge in [-0.3, -0.25) is 5.32 Å². The first-order valence-electron chi connectivity index (χ1n) is 8.47. The number of likely N-dealkylation sites (N-methyl/N-ethyl adjacent to an activating group) is 1. The van der Waals surface area contributed by atoms with Gasteiger partial charge < -0.3 is 14.5 Å². The molecule has 1 aromatic heterocycles. The number of ether oxygens (including phenoxy) is 1. The number of amides is 2. The van der Waals surface area contributed by atoms with E-state index in [-0.39, 0.29) is 12.0 Å². The van der Waals surface area contributed by atoms with E-state index in [1.165, 1.54) is 23.3 Å². The minimum absolute atomic E-state index is 0.125. The summed E-state index contributed by atoms with van der Waals surface area (Å²) >= 11 is 1.53. The van der Waals surface area contributed by atoms with E-state index >= 15 is 0 Å². The number of hydrogen-bond acceptors (Lipinski definition) is 5. The molecule has 3 rings (SSSR count). The zero-order chi connectivity index (χ0) is 17.3. The van der Waals surface area contributed by atoms with Crippen molar-refractivity contribution in [3.63, 3.8) is 0 Å². The zero-order valence-electron chi connectivity index (χ0n) is 14.6. The second-order valence-corrected chi connectivity index (χ2v) is 7.87. The van der Waals surface area contributed by atoms with E-state index in [9.17, 15) is 9.59 Å². The van der Waals surface area contributed by atoms with Crippen molar-refractivity contribution in [3.05, 3.63) is 16.0 Å². The lowest BCUT2D eigenvalue weighted by Crippen LogP contribution is -2.48. The van der Waals surface area contributed by atoms with Gasteiger partial charge in [0.25, 0.3) is 0 Å². The number of fused-ring (bicyclic) bond motifs is 1. The van der Waals surface area contributed by atoms with Crippen LogP contribution in [0.2, 0.25) is 0 Å². The monoisotopic (exact) mass is 351 g/mol. The Hall–Kier alpha value is -1.60. The van der Waals surface area contributed by atoms with Crippen LogP contribution >= 0.6 is 11.3 Å². The number of nitrogens with one attached hydrogen (secondary N) is 1. The molecule has 2 heterocycles. The van der Waals surface area contributed by atoms with Crippen LogP contribution < -0.4 is 5.32 Å². The number of carbonyl (C=O) groups is 2. The van der Waals surface area contributed by atoms with Crippen LogP contribution in [-0.2, 0) is 17.6 Å². The van der Waals surface area contributed by atoms with Crippen molar-refractivity contribution in [1.82, 2.24) is 9.80 Å². The number of urea groups is 1. The lowest BCUT2D eigenvalue weighted by Gasteiger charge is -2.32. The van der Waals surface area contributed by atoms with Gasteiger partial charge in [-0.05, 0) is 37.8 Å². The summed E-state index contributed by atoms with van der Waals surface area (Å²) in [5.41, 5.74) is 1.63. The van der Waals surface area contributed by atoms with Gasteiger partial charge in [-0.15, -0.1) is 11.3 Å². The minimum Gasteiger partial charge on any atom is -0.465 e. The van der Waals surface area contributed by atoms with Gasteiger partial charge >= 0.3 is 12.0 Å². The molecule has 1 atom stereocenters. The minimum atomic E-state index is -0.351. The quantitative estimate of drug-likeness (QED) is 0.832. The molecule has 0 spiro atoms. The highest BCUT2D eigenvalue weighted by molar-refractivity contribution is 7.17. The maximum Gasteiger partial charge on any atom is 0.341 e. The predicted molar refractivity (Wildman–Crippen MR) is 94.9 cm³/mol. The Morgan fingerprint density at radius 2 is 1.96 bits per heavy atom. The predicted octanol–water partition coefficient (Wildman–Crippen LogP) is 2.44. The molecule has 2 amide bonds. The number of thiophene rings is 1. The number of carbonyl (C=O) groups excluding carboxylic acids is 2. The lowest BCUT2D eigenvalue weighted by atomic mass is 9.88. The van der Waals surface area contributed by atoms with Crippen molar-refractivity contribution in [3.8, 4) is 0 Å². The third kappa shape index (κ3) is 3.42. The van der Waals surface area contributed by atoms with Gasteiger partial charge in [0.2, 0.25) is 0 Å². The highest BCUT2D eigenvalue weighted by Gasteiger charge is 2.30. The van der Waals surface area contributed by atoms with Crippen LogP contribution in [0.15, 0.2) is 0 Å². The average molecular weight is 351 g/mol. The molecule has 1 N–H and O–H groups in total. The van der Waals surface area contributed by atoms with E-state index in [0.29, 0.717) is 29.6 Å². The fraction of sp³-hybridized carbons (Fsp3) is 0.647. The second-order valence-electron chi connectivity index (χ2n) is 6.77. The van der Waals surface area contributed by atoms with Crippen molar-refractivity contribution < 1.29 is 14.3 Å². The Labute approximate surface area is 146 Å². The zero-order valence-corrected chi connectivity index (χ0v) is 15.4. The first kappa shape index (κ1) is 17.2. The van der Waals surface area contributed by atoms with Gasteiger partial charge in [-0.2, -0.15) is 0 Å². The molecule has 6 nitrogen and oxygen atoms in total. The normalized spacial score (nSPS) is 21.3. The van der Waals surface area contributed by atoms with Gasteiger partial charge in [0.15, 0.2) is 0 Å². The van der Waals surface area contributed by atoms with Crippen molar-refractivity contribution in [2.45, 2.75) is 26.2 Å². The maximum atomic E-state index is 12.6. The van der Waals surface area contributed by atoms with Gasteiger partial charge in [0, 0.05) is 31.1 Å². The van der Waals surface area contributed by atoms with E-state index < -0.39 is 0 Å². The van der Waals surface area contributed by atoms with E-state index in [2.05, 4.69) is 24.2 Å². The average Bonchev–Trinajstić information content (AvgIpc) is 2.91. The van der Waals surface area contributed by atoms with Crippen LogP contribution in [-0.4, -0.2) is 62.1 Å². The highest BCUT2D eigenvalue weighted by atomic mass is 32.1. The summed E-state index contributed by atoms with van der Waals surface area (Å²) in [5, 5.41) is 3.61. The molecule has 1 unspecified atom stereocenters. The van der Waals surface area contributed by atoms with Crippen molar-refractivity contribution in [2.75, 3.05) is 45.7 Å². The van der Waals surface area contributed by atoms with E-state index in [1.54, 1.807) is 0 Å². The molecule has 24 heavy (non-hydrogen) atoms. The van der Waals surface area contributed by atoms with Crippen LogP contribution in [0.1, 0.15) is 34.1 Å². The summed E-state index contributed by atoms with van der Waals surface area (Å²) in [7, 11) is 3.45. The van der Waals surface area contributed by atoms with E-state index in [0.717, 1.165) is 37.9 Å². The second kappa shape index (κ2) is 7.11. The molecule has 2 aliphatic rings. The lowest BCUT2D eigenvalue weighted by molar-refractivity contribution is 0.0601. The standard InChI is InChI=1S/C17H25N3O3S/c1-11-4-5-12-13(10-11)24-15(14(12)16(21)23-3)18-17(22)20-8-6-19(2)7-9-20/h11H,4-10H2,1-3H3,(H,18,22). The van der Waals surface area contributed by atoms with E-state index in [4.69, 9.17) is 4.74 Å². The number of hydrogen-bond donors (Lipinski definition) is 1. The smallest absolute Gasteiger partial charge is 0.341 e. The summed E-state index contributed by atoms with van der Waals surface area (Å²) in [6.45, 7) is 5.38. The largest absolute Gasteiger partial charge is 0.465 e. The summed E-state index contributed by atoms with van der Waals surface area (Å²) in [5.74, 6) is 0.263.